The van der Waals surface area contributed by atoms with Crippen molar-refractivity contribution in [3.8, 4) is 0 Å². The van der Waals surface area contributed by atoms with Crippen LogP contribution in [0, 0.1) is 5.41 Å². The van der Waals surface area contributed by atoms with E-state index in [2.05, 4.69) is 5.32 Å². The number of nitrogens with zero attached hydrogens (tertiary/aromatic N) is 1. The molecule has 0 aromatic rings. The smallest absolute Gasteiger partial charge is 0.227 e. The van der Waals surface area contributed by atoms with E-state index in [-0.39, 0.29) is 11.3 Å². The van der Waals surface area contributed by atoms with Gasteiger partial charge in [0.1, 0.15) is 0 Å². The van der Waals surface area contributed by atoms with Gasteiger partial charge in [0.15, 0.2) is 0 Å². The Hall–Kier alpha value is -0.570. The van der Waals surface area contributed by atoms with Gasteiger partial charge in [0.25, 0.3) is 0 Å². The van der Waals surface area contributed by atoms with Crippen molar-refractivity contribution in [2.24, 2.45) is 5.41 Å². The number of carbonyl (C=O) groups excluding carboxylic acids is 1. The molecule has 1 rings (SSSR count). The first-order valence-corrected chi connectivity index (χ1v) is 5.91. The van der Waals surface area contributed by atoms with Crippen molar-refractivity contribution in [3.63, 3.8) is 0 Å². The lowest BCUT2D eigenvalue weighted by atomic mass is 9.93. The second kappa shape index (κ2) is 4.97. The minimum absolute atomic E-state index is 0.255. The minimum Gasteiger partial charge on any atom is -0.342 e. The van der Waals surface area contributed by atoms with Gasteiger partial charge in [-0.1, -0.05) is 20.8 Å². The molecule has 1 aliphatic heterocycles. The van der Waals surface area contributed by atoms with E-state index in [1.165, 1.54) is 6.42 Å². The van der Waals surface area contributed by atoms with E-state index in [1.54, 1.807) is 0 Å². The van der Waals surface area contributed by atoms with Gasteiger partial charge in [-0.15, -0.1) is 0 Å². The van der Waals surface area contributed by atoms with E-state index in [0.29, 0.717) is 6.04 Å². The molecule has 0 radical (unpaired) electrons. The van der Waals surface area contributed by atoms with E-state index in [4.69, 9.17) is 0 Å². The SMILES string of the molecule is CN(C(=O)C(C)(C)C)C1CCCNCC1. The normalized spacial score (nSPS) is 23.3. The molecule has 1 aliphatic rings. The molecule has 88 valence electrons. The van der Waals surface area contributed by atoms with Gasteiger partial charge in [0.2, 0.25) is 5.91 Å². The maximum atomic E-state index is 12.1. The summed E-state index contributed by atoms with van der Waals surface area (Å²) < 4.78 is 0. The van der Waals surface area contributed by atoms with Crippen molar-refractivity contribution >= 4 is 5.91 Å². The average molecular weight is 212 g/mol. The van der Waals surface area contributed by atoms with Crippen LogP contribution < -0.4 is 5.32 Å². The van der Waals surface area contributed by atoms with Gasteiger partial charge in [0.05, 0.1) is 0 Å². The predicted octanol–water partition coefficient (Wildman–Crippen LogP) is 1.63. The Balaban J connectivity index is 2.58. The van der Waals surface area contributed by atoms with Crippen LogP contribution in [-0.2, 0) is 4.79 Å². The van der Waals surface area contributed by atoms with Gasteiger partial charge < -0.3 is 10.2 Å². The number of carbonyl (C=O) groups is 1. The van der Waals surface area contributed by atoms with Crippen LogP contribution in [0.4, 0.5) is 0 Å². The van der Waals surface area contributed by atoms with Crippen LogP contribution in [0.15, 0.2) is 0 Å². The molecule has 1 atom stereocenters. The first kappa shape index (κ1) is 12.5. The van der Waals surface area contributed by atoms with E-state index in [0.717, 1.165) is 25.9 Å². The highest BCUT2D eigenvalue weighted by atomic mass is 16.2. The number of hydrogen-bond acceptors (Lipinski definition) is 2. The maximum Gasteiger partial charge on any atom is 0.227 e. The molecule has 0 aromatic heterocycles. The number of rotatable bonds is 1. The highest BCUT2D eigenvalue weighted by Gasteiger charge is 2.29. The molecule has 1 saturated heterocycles. The van der Waals surface area contributed by atoms with Crippen molar-refractivity contribution in [1.29, 1.82) is 0 Å². The van der Waals surface area contributed by atoms with E-state index in [1.807, 2.05) is 32.7 Å². The highest BCUT2D eigenvalue weighted by Crippen LogP contribution is 2.21. The standard InChI is InChI=1S/C12H24N2O/c1-12(2,3)11(15)14(4)10-6-5-8-13-9-7-10/h10,13H,5-9H2,1-4H3. The van der Waals surface area contributed by atoms with Crippen molar-refractivity contribution < 1.29 is 4.79 Å². The number of hydrogen-bond donors (Lipinski definition) is 1. The van der Waals surface area contributed by atoms with Crippen molar-refractivity contribution in [2.45, 2.75) is 46.1 Å². The van der Waals surface area contributed by atoms with Crippen LogP contribution in [0.2, 0.25) is 0 Å². The summed E-state index contributed by atoms with van der Waals surface area (Å²) in [7, 11) is 1.95. The molecule has 0 aliphatic carbocycles. The van der Waals surface area contributed by atoms with Crippen LogP contribution in [0.1, 0.15) is 40.0 Å². The fourth-order valence-corrected chi connectivity index (χ4v) is 2.08. The quantitative estimate of drug-likeness (QED) is 0.716. The first-order chi connectivity index (χ1) is 6.93. The topological polar surface area (TPSA) is 32.3 Å². The predicted molar refractivity (Wildman–Crippen MR) is 62.7 cm³/mol. The van der Waals surface area contributed by atoms with E-state index >= 15 is 0 Å². The summed E-state index contributed by atoms with van der Waals surface area (Å²) >= 11 is 0. The monoisotopic (exact) mass is 212 g/mol. The Bertz CT molecular complexity index is 212. The zero-order chi connectivity index (χ0) is 11.5. The van der Waals surface area contributed by atoms with E-state index < -0.39 is 0 Å². The molecular weight excluding hydrogens is 188 g/mol. The number of amides is 1. The Kier molecular flexibility index (Phi) is 4.14. The molecule has 0 saturated carbocycles. The van der Waals surface area contributed by atoms with E-state index in [9.17, 15) is 4.79 Å². The molecule has 0 aromatic carbocycles. The van der Waals surface area contributed by atoms with Crippen molar-refractivity contribution in [2.75, 3.05) is 20.1 Å². The summed E-state index contributed by atoms with van der Waals surface area (Å²) in [6.45, 7) is 8.09. The fourth-order valence-electron chi connectivity index (χ4n) is 2.08. The third-order valence-corrected chi connectivity index (χ3v) is 3.05. The summed E-state index contributed by atoms with van der Waals surface area (Å²) in [5.41, 5.74) is -0.255. The summed E-state index contributed by atoms with van der Waals surface area (Å²) in [6.07, 6.45) is 3.38. The molecule has 3 nitrogen and oxygen atoms in total. The lowest BCUT2D eigenvalue weighted by molar-refractivity contribution is -0.140. The highest BCUT2D eigenvalue weighted by molar-refractivity contribution is 5.81. The van der Waals surface area contributed by atoms with Gasteiger partial charge in [-0.05, 0) is 32.4 Å². The molecule has 1 N–H and O–H groups in total. The zero-order valence-electron chi connectivity index (χ0n) is 10.5. The Morgan fingerprint density at radius 1 is 1.27 bits per heavy atom. The van der Waals surface area contributed by atoms with Crippen LogP contribution >= 0.6 is 0 Å². The third-order valence-electron chi connectivity index (χ3n) is 3.05. The Labute approximate surface area is 93.2 Å². The molecule has 1 heterocycles. The lowest BCUT2D eigenvalue weighted by Crippen LogP contribution is -2.43. The van der Waals surface area contributed by atoms with Gasteiger partial charge in [0, 0.05) is 18.5 Å². The van der Waals surface area contributed by atoms with Gasteiger partial charge >= 0.3 is 0 Å². The first-order valence-electron chi connectivity index (χ1n) is 5.91. The lowest BCUT2D eigenvalue weighted by Gasteiger charge is -2.32. The van der Waals surface area contributed by atoms with Crippen LogP contribution in [-0.4, -0.2) is 37.0 Å². The molecule has 15 heavy (non-hydrogen) atoms. The second-order valence-corrected chi connectivity index (χ2v) is 5.50. The van der Waals surface area contributed by atoms with Gasteiger partial charge in [-0.2, -0.15) is 0 Å². The molecule has 1 unspecified atom stereocenters. The molecule has 1 amide bonds. The maximum absolute atomic E-state index is 12.1. The number of nitrogens with one attached hydrogen (secondary N) is 1. The Morgan fingerprint density at radius 3 is 2.53 bits per heavy atom. The summed E-state index contributed by atoms with van der Waals surface area (Å²) in [4.78, 5) is 14.0. The summed E-state index contributed by atoms with van der Waals surface area (Å²) in [5, 5.41) is 3.37. The fraction of sp³-hybridized carbons (Fsp3) is 0.917. The van der Waals surface area contributed by atoms with Crippen LogP contribution in [0.5, 0.6) is 0 Å². The minimum atomic E-state index is -0.255. The molecular formula is C12H24N2O. The van der Waals surface area contributed by atoms with Crippen LogP contribution in [0.25, 0.3) is 0 Å². The Morgan fingerprint density at radius 2 is 1.93 bits per heavy atom. The van der Waals surface area contributed by atoms with Crippen molar-refractivity contribution in [1.82, 2.24) is 10.2 Å². The van der Waals surface area contributed by atoms with Gasteiger partial charge in [-0.25, -0.2) is 0 Å². The van der Waals surface area contributed by atoms with Crippen LogP contribution in [0.3, 0.4) is 0 Å². The van der Waals surface area contributed by atoms with Gasteiger partial charge in [-0.3, -0.25) is 4.79 Å². The molecule has 0 spiro atoms. The largest absolute Gasteiger partial charge is 0.342 e. The zero-order valence-corrected chi connectivity index (χ0v) is 10.5. The average Bonchev–Trinajstić information content (AvgIpc) is 2.42. The molecule has 1 fully saturated rings. The molecule has 3 heteroatoms. The summed E-state index contributed by atoms with van der Waals surface area (Å²) in [6, 6.07) is 0.423. The second-order valence-electron chi connectivity index (χ2n) is 5.50. The third kappa shape index (κ3) is 3.49. The molecule has 0 bridgehead atoms. The van der Waals surface area contributed by atoms with Crippen molar-refractivity contribution in [3.05, 3.63) is 0 Å². The summed E-state index contributed by atoms with van der Waals surface area (Å²) in [5.74, 6) is 0.259.